The molecule has 0 unspecified atom stereocenters. The third kappa shape index (κ3) is 1.29. The maximum atomic E-state index is 4.45. The van der Waals surface area contributed by atoms with Crippen molar-refractivity contribution in [1.29, 1.82) is 0 Å². The number of aromatic nitrogens is 3. The van der Waals surface area contributed by atoms with Crippen molar-refractivity contribution in [3.05, 3.63) is 48.3 Å². The summed E-state index contributed by atoms with van der Waals surface area (Å²) < 4.78 is 0. The summed E-state index contributed by atoms with van der Waals surface area (Å²) in [4.78, 5) is 4.45. The number of H-pyrrole nitrogens is 1. The zero-order valence-electron chi connectivity index (χ0n) is 8.94. The number of aryl methyl sites for hydroxylation is 1. The first-order valence-electron chi connectivity index (χ1n) is 5.21. The smallest absolute Gasteiger partial charge is 0.0814 e. The highest BCUT2D eigenvalue weighted by molar-refractivity contribution is 5.94. The Labute approximate surface area is 93.2 Å². The van der Waals surface area contributed by atoms with Gasteiger partial charge in [-0.1, -0.05) is 30.3 Å². The molecule has 0 aliphatic carbocycles. The fourth-order valence-electron chi connectivity index (χ4n) is 1.94. The highest BCUT2D eigenvalue weighted by Gasteiger charge is 2.09. The summed E-state index contributed by atoms with van der Waals surface area (Å²) >= 11 is 0. The number of hydrogen-bond donors (Lipinski definition) is 1. The van der Waals surface area contributed by atoms with Crippen molar-refractivity contribution >= 4 is 10.9 Å². The largest absolute Gasteiger partial charge is 0.277 e. The molecule has 0 aliphatic rings. The van der Waals surface area contributed by atoms with E-state index >= 15 is 0 Å². The van der Waals surface area contributed by atoms with Gasteiger partial charge in [0.15, 0.2) is 0 Å². The molecule has 1 N–H and O–H groups in total. The van der Waals surface area contributed by atoms with E-state index in [9.17, 15) is 0 Å². The van der Waals surface area contributed by atoms with E-state index in [2.05, 4.69) is 27.3 Å². The molecule has 0 bridgehead atoms. The predicted octanol–water partition coefficient (Wildman–Crippen LogP) is 2.93. The lowest BCUT2D eigenvalue weighted by atomic mass is 10.1. The molecule has 16 heavy (non-hydrogen) atoms. The minimum absolute atomic E-state index is 0.988. The van der Waals surface area contributed by atoms with E-state index < -0.39 is 0 Å². The lowest BCUT2D eigenvalue weighted by Gasteiger charge is -2.02. The van der Waals surface area contributed by atoms with Crippen molar-refractivity contribution in [2.24, 2.45) is 0 Å². The van der Waals surface area contributed by atoms with Crippen LogP contribution in [0.25, 0.3) is 22.2 Å². The van der Waals surface area contributed by atoms with Crippen LogP contribution in [0.2, 0.25) is 0 Å². The molecule has 0 amide bonds. The van der Waals surface area contributed by atoms with Crippen LogP contribution in [0.3, 0.4) is 0 Å². The molecule has 3 rings (SSSR count). The molecule has 2 aromatic heterocycles. The Balaban J connectivity index is 2.36. The van der Waals surface area contributed by atoms with Crippen LogP contribution < -0.4 is 0 Å². The molecule has 78 valence electrons. The van der Waals surface area contributed by atoms with Crippen molar-refractivity contribution in [3.8, 4) is 11.3 Å². The second kappa shape index (κ2) is 3.45. The van der Waals surface area contributed by atoms with Gasteiger partial charge >= 0.3 is 0 Å². The van der Waals surface area contributed by atoms with Crippen LogP contribution in [0, 0.1) is 6.92 Å². The molecule has 0 saturated heterocycles. The molecule has 0 atom stereocenters. The number of benzene rings is 1. The number of fused-ring (bicyclic) bond motifs is 1. The predicted molar refractivity (Wildman–Crippen MR) is 64.1 cm³/mol. The van der Waals surface area contributed by atoms with Gasteiger partial charge in [0.2, 0.25) is 0 Å². The summed E-state index contributed by atoms with van der Waals surface area (Å²) in [5.41, 5.74) is 4.13. The maximum Gasteiger partial charge on any atom is 0.0814 e. The minimum atomic E-state index is 0.988. The monoisotopic (exact) mass is 209 g/mol. The maximum absolute atomic E-state index is 4.45. The highest BCUT2D eigenvalue weighted by Crippen LogP contribution is 2.26. The Hall–Kier alpha value is -2.16. The Morgan fingerprint density at radius 2 is 1.88 bits per heavy atom. The van der Waals surface area contributed by atoms with E-state index in [4.69, 9.17) is 0 Å². The molecule has 3 nitrogen and oxygen atoms in total. The molecule has 0 radical (unpaired) electrons. The number of nitrogens with zero attached hydrogens (tertiary/aromatic N) is 2. The summed E-state index contributed by atoms with van der Waals surface area (Å²) in [5.74, 6) is 0. The summed E-state index contributed by atoms with van der Waals surface area (Å²) in [6.07, 6.45) is 1.81. The molecule has 0 aliphatic heterocycles. The van der Waals surface area contributed by atoms with Gasteiger partial charge in [0.05, 0.1) is 16.9 Å². The SMILES string of the molecule is Cc1n[nH]c2ccnc(-c3ccccc3)c12. The number of nitrogens with one attached hydrogen (secondary N) is 1. The Morgan fingerprint density at radius 3 is 2.69 bits per heavy atom. The Morgan fingerprint density at radius 1 is 1.06 bits per heavy atom. The zero-order valence-corrected chi connectivity index (χ0v) is 8.94. The number of hydrogen-bond acceptors (Lipinski definition) is 2. The molecule has 2 heterocycles. The topological polar surface area (TPSA) is 41.6 Å². The van der Waals surface area contributed by atoms with Crippen LogP contribution in [0.4, 0.5) is 0 Å². The van der Waals surface area contributed by atoms with E-state index in [1.165, 1.54) is 0 Å². The van der Waals surface area contributed by atoms with Crippen LogP contribution in [0.15, 0.2) is 42.6 Å². The second-order valence-corrected chi connectivity index (χ2v) is 3.76. The quantitative estimate of drug-likeness (QED) is 0.669. The summed E-state index contributed by atoms with van der Waals surface area (Å²) in [7, 11) is 0. The molecule has 0 saturated carbocycles. The number of pyridine rings is 1. The Bertz CT molecular complexity index is 626. The van der Waals surface area contributed by atoms with Gasteiger partial charge in [-0.3, -0.25) is 10.1 Å². The zero-order chi connectivity index (χ0) is 11.0. The van der Waals surface area contributed by atoms with E-state index in [0.717, 1.165) is 27.9 Å². The van der Waals surface area contributed by atoms with Gasteiger partial charge in [0, 0.05) is 17.1 Å². The molecule has 0 fully saturated rings. The van der Waals surface area contributed by atoms with Crippen LogP contribution in [0.1, 0.15) is 5.69 Å². The lowest BCUT2D eigenvalue weighted by molar-refractivity contribution is 1.07. The first-order chi connectivity index (χ1) is 7.86. The lowest BCUT2D eigenvalue weighted by Crippen LogP contribution is -1.84. The van der Waals surface area contributed by atoms with Crippen LogP contribution in [-0.2, 0) is 0 Å². The van der Waals surface area contributed by atoms with Crippen molar-refractivity contribution in [2.75, 3.05) is 0 Å². The molecule has 3 aromatic rings. The highest BCUT2D eigenvalue weighted by atomic mass is 15.1. The molecule has 0 spiro atoms. The molecule has 1 aromatic carbocycles. The summed E-state index contributed by atoms with van der Waals surface area (Å²) in [6, 6.07) is 12.1. The van der Waals surface area contributed by atoms with Gasteiger partial charge in [-0.05, 0) is 13.0 Å². The standard InChI is InChI=1S/C13H11N3/c1-9-12-11(16-15-9)7-8-14-13(12)10-5-3-2-4-6-10/h2-8H,1H3,(H,15,16). The summed E-state index contributed by atoms with van der Waals surface area (Å²) in [6.45, 7) is 1.99. The van der Waals surface area contributed by atoms with Gasteiger partial charge in [-0.25, -0.2) is 0 Å². The fraction of sp³-hybridized carbons (Fsp3) is 0.0769. The van der Waals surface area contributed by atoms with Crippen molar-refractivity contribution in [3.63, 3.8) is 0 Å². The van der Waals surface area contributed by atoms with Crippen molar-refractivity contribution in [2.45, 2.75) is 6.92 Å². The third-order valence-electron chi connectivity index (χ3n) is 2.70. The van der Waals surface area contributed by atoms with E-state index in [1.54, 1.807) is 0 Å². The van der Waals surface area contributed by atoms with Crippen molar-refractivity contribution in [1.82, 2.24) is 15.2 Å². The fourth-order valence-corrected chi connectivity index (χ4v) is 1.94. The van der Waals surface area contributed by atoms with Gasteiger partial charge in [0.1, 0.15) is 0 Å². The van der Waals surface area contributed by atoms with Gasteiger partial charge < -0.3 is 0 Å². The first kappa shape index (κ1) is 9.09. The first-order valence-corrected chi connectivity index (χ1v) is 5.21. The van der Waals surface area contributed by atoms with Gasteiger partial charge in [-0.2, -0.15) is 5.10 Å². The van der Waals surface area contributed by atoms with Crippen LogP contribution in [0.5, 0.6) is 0 Å². The second-order valence-electron chi connectivity index (χ2n) is 3.76. The normalized spacial score (nSPS) is 10.8. The van der Waals surface area contributed by atoms with Crippen LogP contribution >= 0.6 is 0 Å². The van der Waals surface area contributed by atoms with Gasteiger partial charge in [-0.15, -0.1) is 0 Å². The van der Waals surface area contributed by atoms with Gasteiger partial charge in [0.25, 0.3) is 0 Å². The average Bonchev–Trinajstić information content (AvgIpc) is 2.73. The van der Waals surface area contributed by atoms with E-state index in [-0.39, 0.29) is 0 Å². The Kier molecular flexibility index (Phi) is 1.96. The average molecular weight is 209 g/mol. The van der Waals surface area contributed by atoms with E-state index in [1.807, 2.05) is 37.4 Å². The minimum Gasteiger partial charge on any atom is -0.277 e. The third-order valence-corrected chi connectivity index (χ3v) is 2.70. The number of rotatable bonds is 1. The van der Waals surface area contributed by atoms with Crippen LogP contribution in [-0.4, -0.2) is 15.2 Å². The molecule has 3 heteroatoms. The van der Waals surface area contributed by atoms with E-state index in [0.29, 0.717) is 0 Å². The number of aromatic amines is 1. The molecular weight excluding hydrogens is 198 g/mol. The molecular formula is C13H11N3. The van der Waals surface area contributed by atoms with Crippen molar-refractivity contribution < 1.29 is 0 Å². The summed E-state index contributed by atoms with van der Waals surface area (Å²) in [5, 5.41) is 8.33.